The van der Waals surface area contributed by atoms with E-state index in [4.69, 9.17) is 0 Å². The maximum atomic E-state index is 10.9. The first kappa shape index (κ1) is 12.5. The number of nitro groups is 1. The van der Waals surface area contributed by atoms with Crippen LogP contribution in [0.3, 0.4) is 0 Å². The van der Waals surface area contributed by atoms with Gasteiger partial charge < -0.3 is 5.32 Å². The molecule has 18 heavy (non-hydrogen) atoms. The second kappa shape index (κ2) is 5.59. The van der Waals surface area contributed by atoms with Crippen molar-refractivity contribution in [2.45, 2.75) is 6.54 Å². The van der Waals surface area contributed by atoms with Gasteiger partial charge in [-0.05, 0) is 33.6 Å². The average Bonchev–Trinajstić information content (AvgIpc) is 2.38. The van der Waals surface area contributed by atoms with Crippen LogP contribution in [0.1, 0.15) is 5.56 Å². The van der Waals surface area contributed by atoms with Crippen molar-refractivity contribution in [1.29, 1.82) is 0 Å². The molecule has 6 heteroatoms. The van der Waals surface area contributed by atoms with Crippen molar-refractivity contribution in [3.63, 3.8) is 0 Å². The summed E-state index contributed by atoms with van der Waals surface area (Å²) >= 11 is 3.31. The highest BCUT2D eigenvalue weighted by Crippen LogP contribution is 2.32. The van der Waals surface area contributed by atoms with Gasteiger partial charge in [0.1, 0.15) is 5.69 Å². The number of hydrogen-bond acceptors (Lipinski definition) is 4. The molecule has 0 saturated heterocycles. The molecule has 0 radical (unpaired) electrons. The lowest BCUT2D eigenvalue weighted by atomic mass is 10.2. The van der Waals surface area contributed by atoms with Gasteiger partial charge in [-0.15, -0.1) is 0 Å². The molecule has 92 valence electrons. The second-order valence-electron chi connectivity index (χ2n) is 3.61. The number of nitrogens with one attached hydrogen (secondary N) is 1. The monoisotopic (exact) mass is 307 g/mol. The summed E-state index contributed by atoms with van der Waals surface area (Å²) in [6, 6.07) is 8.60. The molecule has 1 aromatic carbocycles. The highest BCUT2D eigenvalue weighted by Gasteiger charge is 2.15. The van der Waals surface area contributed by atoms with Crippen LogP contribution in [-0.2, 0) is 6.54 Å². The van der Waals surface area contributed by atoms with E-state index < -0.39 is 4.92 Å². The van der Waals surface area contributed by atoms with Crippen molar-refractivity contribution in [3.05, 3.63) is 62.9 Å². The van der Waals surface area contributed by atoms with Crippen molar-refractivity contribution in [2.75, 3.05) is 5.32 Å². The van der Waals surface area contributed by atoms with Crippen LogP contribution in [0, 0.1) is 10.1 Å². The molecule has 5 nitrogen and oxygen atoms in total. The Morgan fingerprint density at radius 1 is 1.33 bits per heavy atom. The Balaban J connectivity index is 2.21. The second-order valence-corrected chi connectivity index (χ2v) is 4.46. The van der Waals surface area contributed by atoms with Gasteiger partial charge in [0.25, 0.3) is 5.69 Å². The SMILES string of the molecule is O=[N+]([O-])c1cccc(Br)c1NCc1cccnc1. The Bertz CT molecular complexity index is 561. The molecule has 0 saturated carbocycles. The van der Waals surface area contributed by atoms with Crippen LogP contribution in [0.5, 0.6) is 0 Å². The van der Waals surface area contributed by atoms with Gasteiger partial charge in [0.05, 0.1) is 4.92 Å². The summed E-state index contributed by atoms with van der Waals surface area (Å²) < 4.78 is 0.667. The van der Waals surface area contributed by atoms with Gasteiger partial charge in [0, 0.05) is 29.5 Å². The van der Waals surface area contributed by atoms with E-state index in [2.05, 4.69) is 26.2 Å². The number of rotatable bonds is 4. The molecule has 0 aliphatic rings. The minimum atomic E-state index is -0.406. The largest absolute Gasteiger partial charge is 0.374 e. The molecular formula is C12H10BrN3O2. The van der Waals surface area contributed by atoms with Gasteiger partial charge in [0.15, 0.2) is 0 Å². The highest BCUT2D eigenvalue weighted by atomic mass is 79.9. The number of aromatic nitrogens is 1. The number of nitro benzene ring substituents is 1. The van der Waals surface area contributed by atoms with Gasteiger partial charge in [-0.3, -0.25) is 15.1 Å². The molecule has 0 bridgehead atoms. The minimum Gasteiger partial charge on any atom is -0.374 e. The predicted molar refractivity (Wildman–Crippen MR) is 72.4 cm³/mol. The fraction of sp³-hybridized carbons (Fsp3) is 0.0833. The topological polar surface area (TPSA) is 68.1 Å². The first-order chi connectivity index (χ1) is 8.68. The average molecular weight is 308 g/mol. The number of halogens is 1. The van der Waals surface area contributed by atoms with Crippen molar-refractivity contribution < 1.29 is 4.92 Å². The van der Waals surface area contributed by atoms with E-state index in [9.17, 15) is 10.1 Å². The Morgan fingerprint density at radius 2 is 2.17 bits per heavy atom. The maximum absolute atomic E-state index is 10.9. The number of hydrogen-bond donors (Lipinski definition) is 1. The van der Waals surface area contributed by atoms with Gasteiger partial charge in [0.2, 0.25) is 0 Å². The molecule has 0 unspecified atom stereocenters. The van der Waals surface area contributed by atoms with E-state index in [1.165, 1.54) is 6.07 Å². The molecule has 1 N–H and O–H groups in total. The Labute approximate surface area is 112 Å². The van der Waals surface area contributed by atoms with Crippen LogP contribution < -0.4 is 5.32 Å². The maximum Gasteiger partial charge on any atom is 0.293 e. The zero-order valence-electron chi connectivity index (χ0n) is 9.34. The number of benzene rings is 1. The third-order valence-corrected chi connectivity index (χ3v) is 3.04. The predicted octanol–water partition coefficient (Wildman–Crippen LogP) is 3.36. The van der Waals surface area contributed by atoms with E-state index in [0.717, 1.165) is 5.56 Å². The van der Waals surface area contributed by atoms with Crippen LogP contribution in [-0.4, -0.2) is 9.91 Å². The standard InChI is InChI=1S/C12H10BrN3O2/c13-10-4-1-5-11(16(17)18)12(10)15-8-9-3-2-6-14-7-9/h1-7,15H,8H2. The number of nitrogens with zero attached hydrogens (tertiary/aromatic N) is 2. The lowest BCUT2D eigenvalue weighted by Gasteiger charge is -2.08. The minimum absolute atomic E-state index is 0.0493. The summed E-state index contributed by atoms with van der Waals surface area (Å²) in [5.41, 5.74) is 1.49. The van der Waals surface area contributed by atoms with Crippen LogP contribution >= 0.6 is 15.9 Å². The summed E-state index contributed by atoms with van der Waals surface area (Å²) in [5.74, 6) is 0. The number of para-hydroxylation sites is 1. The third-order valence-electron chi connectivity index (χ3n) is 2.38. The summed E-state index contributed by atoms with van der Waals surface area (Å²) in [6.07, 6.45) is 3.40. The summed E-state index contributed by atoms with van der Waals surface area (Å²) in [5, 5.41) is 14.0. The lowest BCUT2D eigenvalue weighted by Crippen LogP contribution is -2.03. The summed E-state index contributed by atoms with van der Waals surface area (Å²) in [6.45, 7) is 0.483. The van der Waals surface area contributed by atoms with Crippen molar-refractivity contribution in [1.82, 2.24) is 4.98 Å². The normalized spacial score (nSPS) is 10.1. The smallest absolute Gasteiger partial charge is 0.293 e. The molecule has 0 atom stereocenters. The zero-order chi connectivity index (χ0) is 13.0. The van der Waals surface area contributed by atoms with Crippen LogP contribution in [0.4, 0.5) is 11.4 Å². The van der Waals surface area contributed by atoms with Gasteiger partial charge >= 0.3 is 0 Å². The van der Waals surface area contributed by atoms with Gasteiger partial charge in [-0.2, -0.15) is 0 Å². The quantitative estimate of drug-likeness (QED) is 0.694. The molecule has 1 heterocycles. The fourth-order valence-electron chi connectivity index (χ4n) is 1.53. The summed E-state index contributed by atoms with van der Waals surface area (Å²) in [7, 11) is 0. The van der Waals surface area contributed by atoms with Crippen LogP contribution in [0.25, 0.3) is 0 Å². The van der Waals surface area contributed by atoms with E-state index in [0.29, 0.717) is 16.7 Å². The molecular weight excluding hydrogens is 298 g/mol. The number of pyridine rings is 1. The van der Waals surface area contributed by atoms with Gasteiger partial charge in [-0.1, -0.05) is 12.1 Å². The van der Waals surface area contributed by atoms with Crippen LogP contribution in [0.15, 0.2) is 47.2 Å². The molecule has 0 spiro atoms. The van der Waals surface area contributed by atoms with E-state index in [1.807, 2.05) is 12.1 Å². The van der Waals surface area contributed by atoms with E-state index in [-0.39, 0.29) is 5.69 Å². The Morgan fingerprint density at radius 3 is 2.83 bits per heavy atom. The van der Waals surface area contributed by atoms with E-state index in [1.54, 1.807) is 24.5 Å². The molecule has 2 aromatic rings. The first-order valence-electron chi connectivity index (χ1n) is 5.24. The molecule has 0 aliphatic carbocycles. The Hall–Kier alpha value is -1.95. The van der Waals surface area contributed by atoms with E-state index >= 15 is 0 Å². The zero-order valence-corrected chi connectivity index (χ0v) is 10.9. The molecule has 2 rings (SSSR count). The van der Waals surface area contributed by atoms with Gasteiger partial charge in [-0.25, -0.2) is 0 Å². The fourth-order valence-corrected chi connectivity index (χ4v) is 2.03. The van der Waals surface area contributed by atoms with Crippen molar-refractivity contribution in [2.24, 2.45) is 0 Å². The lowest BCUT2D eigenvalue weighted by molar-refractivity contribution is -0.384. The molecule has 0 aliphatic heterocycles. The molecule has 0 fully saturated rings. The molecule has 1 aromatic heterocycles. The van der Waals surface area contributed by atoms with Crippen molar-refractivity contribution >= 4 is 27.3 Å². The van der Waals surface area contributed by atoms with Crippen LogP contribution in [0.2, 0.25) is 0 Å². The molecule has 0 amide bonds. The Kier molecular flexibility index (Phi) is 3.88. The first-order valence-corrected chi connectivity index (χ1v) is 6.03. The summed E-state index contributed by atoms with van der Waals surface area (Å²) in [4.78, 5) is 14.5. The highest BCUT2D eigenvalue weighted by molar-refractivity contribution is 9.10. The third kappa shape index (κ3) is 2.84. The van der Waals surface area contributed by atoms with Crippen molar-refractivity contribution in [3.8, 4) is 0 Å². The number of anilines is 1.